The summed E-state index contributed by atoms with van der Waals surface area (Å²) >= 11 is 0. The molecule has 1 N–H and O–H groups in total. The van der Waals surface area contributed by atoms with E-state index in [1.807, 2.05) is 7.05 Å². The van der Waals surface area contributed by atoms with Gasteiger partial charge in [0, 0.05) is 19.1 Å². The van der Waals surface area contributed by atoms with Crippen LogP contribution in [0.1, 0.15) is 32.3 Å². The molecule has 0 saturated carbocycles. The van der Waals surface area contributed by atoms with Gasteiger partial charge in [-0.2, -0.15) is 0 Å². The van der Waals surface area contributed by atoms with Crippen LogP contribution in [0, 0.1) is 0 Å². The van der Waals surface area contributed by atoms with Crippen molar-refractivity contribution in [2.75, 3.05) is 20.7 Å². The van der Waals surface area contributed by atoms with E-state index in [1.165, 1.54) is 5.56 Å². The van der Waals surface area contributed by atoms with E-state index in [4.69, 9.17) is 4.74 Å². The van der Waals surface area contributed by atoms with E-state index in [1.54, 1.807) is 7.11 Å². The maximum Gasteiger partial charge on any atom is 0.0552 e. The molecular formula is C15H25NO. The van der Waals surface area contributed by atoms with Crippen LogP contribution in [-0.4, -0.2) is 26.8 Å². The number of hydrogen-bond acceptors (Lipinski definition) is 2. The van der Waals surface area contributed by atoms with Gasteiger partial charge in [-0.05, 0) is 32.4 Å². The molecule has 2 heteroatoms. The zero-order valence-electron chi connectivity index (χ0n) is 11.5. The monoisotopic (exact) mass is 235 g/mol. The summed E-state index contributed by atoms with van der Waals surface area (Å²) in [6.45, 7) is 5.39. The predicted molar refractivity (Wildman–Crippen MR) is 73.4 cm³/mol. The average molecular weight is 235 g/mol. The Bertz CT molecular complexity index is 312. The fourth-order valence-corrected chi connectivity index (χ4v) is 2.53. The maximum absolute atomic E-state index is 5.45. The van der Waals surface area contributed by atoms with Crippen molar-refractivity contribution in [1.29, 1.82) is 0 Å². The van der Waals surface area contributed by atoms with E-state index in [0.717, 1.165) is 19.4 Å². The van der Waals surface area contributed by atoms with E-state index in [2.05, 4.69) is 49.5 Å². The minimum atomic E-state index is 0.172. The first-order valence-corrected chi connectivity index (χ1v) is 6.41. The summed E-state index contributed by atoms with van der Waals surface area (Å²) in [6.07, 6.45) is 2.44. The minimum absolute atomic E-state index is 0.172. The Hall–Kier alpha value is -0.860. The molecule has 1 aromatic rings. The number of likely N-dealkylation sites (N-methyl/N-ethyl adjacent to an activating group) is 1. The van der Waals surface area contributed by atoms with Gasteiger partial charge in [-0.25, -0.2) is 0 Å². The van der Waals surface area contributed by atoms with Crippen LogP contribution < -0.4 is 5.32 Å². The second kappa shape index (κ2) is 6.77. The fourth-order valence-electron chi connectivity index (χ4n) is 2.53. The Morgan fingerprint density at radius 1 is 1.29 bits per heavy atom. The lowest BCUT2D eigenvalue weighted by Crippen LogP contribution is -2.39. The van der Waals surface area contributed by atoms with Gasteiger partial charge >= 0.3 is 0 Å². The molecule has 1 aromatic carbocycles. The molecule has 0 spiro atoms. The van der Waals surface area contributed by atoms with Crippen molar-refractivity contribution in [3.8, 4) is 0 Å². The van der Waals surface area contributed by atoms with Gasteiger partial charge in [-0.3, -0.25) is 0 Å². The quantitative estimate of drug-likeness (QED) is 0.784. The van der Waals surface area contributed by atoms with Gasteiger partial charge in [-0.1, -0.05) is 37.3 Å². The van der Waals surface area contributed by atoms with E-state index in [9.17, 15) is 0 Å². The summed E-state index contributed by atoms with van der Waals surface area (Å²) in [6, 6.07) is 10.8. The van der Waals surface area contributed by atoms with Gasteiger partial charge in [0.15, 0.2) is 0 Å². The number of benzene rings is 1. The molecule has 0 aliphatic carbocycles. The second-order valence-electron chi connectivity index (χ2n) is 4.78. The average Bonchev–Trinajstić information content (AvgIpc) is 2.39. The first-order chi connectivity index (χ1) is 8.18. The standard InChI is InChI=1S/C15H25NO/c1-5-15(12-16-3,11-13(2)17-4)14-9-7-6-8-10-14/h6-10,13,16H,5,11-12H2,1-4H3. The number of rotatable bonds is 7. The molecule has 2 unspecified atom stereocenters. The molecule has 0 bridgehead atoms. The van der Waals surface area contributed by atoms with Crippen molar-refractivity contribution in [2.45, 2.75) is 38.2 Å². The van der Waals surface area contributed by atoms with Crippen LogP contribution in [0.5, 0.6) is 0 Å². The molecule has 0 fully saturated rings. The first kappa shape index (κ1) is 14.2. The molecule has 2 atom stereocenters. The van der Waals surface area contributed by atoms with Gasteiger partial charge in [0.05, 0.1) is 6.10 Å². The Kier molecular flexibility index (Phi) is 5.66. The first-order valence-electron chi connectivity index (χ1n) is 6.41. The topological polar surface area (TPSA) is 21.3 Å². The number of ether oxygens (including phenoxy) is 1. The predicted octanol–water partition coefficient (Wildman–Crippen LogP) is 2.98. The van der Waals surface area contributed by atoms with Gasteiger partial charge < -0.3 is 10.1 Å². The number of hydrogen-bond donors (Lipinski definition) is 1. The summed E-state index contributed by atoms with van der Waals surface area (Å²) < 4.78 is 5.45. The second-order valence-corrected chi connectivity index (χ2v) is 4.78. The van der Waals surface area contributed by atoms with Gasteiger partial charge in [0.2, 0.25) is 0 Å². The number of nitrogens with one attached hydrogen (secondary N) is 1. The largest absolute Gasteiger partial charge is 0.382 e. The molecule has 1 rings (SSSR count). The van der Waals surface area contributed by atoms with Crippen LogP contribution in [0.25, 0.3) is 0 Å². The summed E-state index contributed by atoms with van der Waals surface area (Å²) in [5.74, 6) is 0. The van der Waals surface area contributed by atoms with Crippen LogP contribution in [0.4, 0.5) is 0 Å². The third kappa shape index (κ3) is 3.55. The molecule has 0 radical (unpaired) electrons. The molecule has 0 heterocycles. The van der Waals surface area contributed by atoms with Crippen LogP contribution in [0.15, 0.2) is 30.3 Å². The Balaban J connectivity index is 2.99. The van der Waals surface area contributed by atoms with Gasteiger partial charge in [0.25, 0.3) is 0 Å². The summed E-state index contributed by atoms with van der Waals surface area (Å²) in [7, 11) is 3.81. The highest BCUT2D eigenvalue weighted by Crippen LogP contribution is 2.33. The SMILES string of the molecule is CCC(CNC)(CC(C)OC)c1ccccc1. The van der Waals surface area contributed by atoms with Crippen LogP contribution in [-0.2, 0) is 10.2 Å². The minimum Gasteiger partial charge on any atom is -0.382 e. The van der Waals surface area contributed by atoms with Crippen molar-refractivity contribution in [2.24, 2.45) is 0 Å². The van der Waals surface area contributed by atoms with E-state index >= 15 is 0 Å². The molecular weight excluding hydrogens is 210 g/mol. The van der Waals surface area contributed by atoms with Crippen LogP contribution >= 0.6 is 0 Å². The molecule has 0 saturated heterocycles. The van der Waals surface area contributed by atoms with Crippen molar-refractivity contribution in [3.05, 3.63) is 35.9 Å². The van der Waals surface area contributed by atoms with Crippen molar-refractivity contribution in [3.63, 3.8) is 0 Å². The fraction of sp³-hybridized carbons (Fsp3) is 0.600. The zero-order chi connectivity index (χ0) is 12.7. The molecule has 0 aliphatic rings. The van der Waals surface area contributed by atoms with Crippen molar-refractivity contribution >= 4 is 0 Å². The van der Waals surface area contributed by atoms with Crippen molar-refractivity contribution in [1.82, 2.24) is 5.32 Å². The van der Waals surface area contributed by atoms with Gasteiger partial charge in [-0.15, -0.1) is 0 Å². The third-order valence-corrected chi connectivity index (χ3v) is 3.66. The number of methoxy groups -OCH3 is 1. The lowest BCUT2D eigenvalue weighted by molar-refractivity contribution is 0.0850. The summed E-state index contributed by atoms with van der Waals surface area (Å²) in [4.78, 5) is 0. The molecule has 0 amide bonds. The maximum atomic E-state index is 5.45. The Morgan fingerprint density at radius 3 is 2.41 bits per heavy atom. The molecule has 0 aromatic heterocycles. The zero-order valence-corrected chi connectivity index (χ0v) is 11.5. The van der Waals surface area contributed by atoms with Crippen molar-refractivity contribution < 1.29 is 4.74 Å². The highest BCUT2D eigenvalue weighted by Gasteiger charge is 2.31. The van der Waals surface area contributed by atoms with E-state index in [-0.39, 0.29) is 11.5 Å². The van der Waals surface area contributed by atoms with Crippen LogP contribution in [0.2, 0.25) is 0 Å². The van der Waals surface area contributed by atoms with Gasteiger partial charge in [0.1, 0.15) is 0 Å². The smallest absolute Gasteiger partial charge is 0.0552 e. The molecule has 17 heavy (non-hydrogen) atoms. The molecule has 0 aliphatic heterocycles. The molecule has 2 nitrogen and oxygen atoms in total. The molecule has 96 valence electrons. The summed E-state index contributed by atoms with van der Waals surface area (Å²) in [5, 5.41) is 3.33. The lowest BCUT2D eigenvalue weighted by Gasteiger charge is -2.35. The normalized spacial score (nSPS) is 16.5. The van der Waals surface area contributed by atoms with Crippen LogP contribution in [0.3, 0.4) is 0 Å². The highest BCUT2D eigenvalue weighted by molar-refractivity contribution is 5.26. The Labute approximate surface area is 105 Å². The van der Waals surface area contributed by atoms with E-state index < -0.39 is 0 Å². The highest BCUT2D eigenvalue weighted by atomic mass is 16.5. The lowest BCUT2D eigenvalue weighted by atomic mass is 9.74. The summed E-state index contributed by atoms with van der Waals surface area (Å²) in [5.41, 5.74) is 1.58. The van der Waals surface area contributed by atoms with E-state index in [0.29, 0.717) is 0 Å². The Morgan fingerprint density at radius 2 is 1.94 bits per heavy atom. The third-order valence-electron chi connectivity index (χ3n) is 3.66.